The molecule has 1 rings (SSSR count). The van der Waals surface area contributed by atoms with Crippen molar-refractivity contribution in [2.45, 2.75) is 32.3 Å². The van der Waals surface area contributed by atoms with Crippen molar-refractivity contribution in [1.29, 1.82) is 0 Å². The van der Waals surface area contributed by atoms with E-state index in [2.05, 4.69) is 17.3 Å². The number of nitrogens with zero attached hydrogens (tertiary/aromatic N) is 1. The van der Waals surface area contributed by atoms with Gasteiger partial charge in [-0.1, -0.05) is 0 Å². The molecule has 15 heavy (non-hydrogen) atoms. The maximum absolute atomic E-state index is 11.1. The summed E-state index contributed by atoms with van der Waals surface area (Å²) < 4.78 is 0. The van der Waals surface area contributed by atoms with E-state index < -0.39 is 6.10 Å². The predicted molar refractivity (Wildman–Crippen MR) is 59.5 cm³/mol. The van der Waals surface area contributed by atoms with Gasteiger partial charge in [0, 0.05) is 6.54 Å². The van der Waals surface area contributed by atoms with Gasteiger partial charge in [-0.25, -0.2) is 0 Å². The second-order valence-electron chi connectivity index (χ2n) is 4.50. The quantitative estimate of drug-likeness (QED) is 0.703. The number of amides is 1. The number of nitrogens with one attached hydrogen (secondary N) is 1. The Balaban J connectivity index is 2.08. The lowest BCUT2D eigenvalue weighted by Gasteiger charge is -2.28. The van der Waals surface area contributed by atoms with Crippen molar-refractivity contribution in [1.82, 2.24) is 10.2 Å². The third-order valence-corrected chi connectivity index (χ3v) is 3.07. The molecular formula is C11H22N2O2. The van der Waals surface area contributed by atoms with E-state index in [4.69, 9.17) is 5.11 Å². The Morgan fingerprint density at radius 3 is 2.67 bits per heavy atom. The molecule has 0 aromatic heterocycles. The summed E-state index contributed by atoms with van der Waals surface area (Å²) in [6.45, 7) is 4.51. The topological polar surface area (TPSA) is 52.6 Å². The Morgan fingerprint density at radius 1 is 1.53 bits per heavy atom. The SMILES string of the molecule is CC(O)C(=O)NCCC1CCN(C)CC1. The Labute approximate surface area is 91.6 Å². The van der Waals surface area contributed by atoms with Crippen LogP contribution in [0.2, 0.25) is 0 Å². The van der Waals surface area contributed by atoms with Crippen LogP contribution < -0.4 is 5.32 Å². The molecule has 4 heteroatoms. The summed E-state index contributed by atoms with van der Waals surface area (Å²) >= 11 is 0. The highest BCUT2D eigenvalue weighted by atomic mass is 16.3. The highest BCUT2D eigenvalue weighted by molar-refractivity contribution is 5.79. The molecule has 0 aliphatic carbocycles. The summed E-state index contributed by atoms with van der Waals surface area (Å²) in [5.41, 5.74) is 0. The van der Waals surface area contributed by atoms with Gasteiger partial charge in [0.1, 0.15) is 6.10 Å². The molecule has 0 aromatic carbocycles. The van der Waals surface area contributed by atoms with Crippen molar-refractivity contribution < 1.29 is 9.90 Å². The molecule has 0 bridgehead atoms. The number of rotatable bonds is 4. The number of aliphatic hydroxyl groups excluding tert-OH is 1. The molecule has 1 atom stereocenters. The van der Waals surface area contributed by atoms with Gasteiger partial charge in [-0.15, -0.1) is 0 Å². The second-order valence-corrected chi connectivity index (χ2v) is 4.50. The van der Waals surface area contributed by atoms with Crippen LogP contribution in [0.3, 0.4) is 0 Å². The number of carbonyl (C=O) groups is 1. The van der Waals surface area contributed by atoms with Gasteiger partial charge < -0.3 is 15.3 Å². The van der Waals surface area contributed by atoms with E-state index in [-0.39, 0.29) is 5.91 Å². The molecule has 1 unspecified atom stereocenters. The number of piperidine rings is 1. The zero-order chi connectivity index (χ0) is 11.3. The summed E-state index contributed by atoms with van der Waals surface area (Å²) in [4.78, 5) is 13.4. The molecule has 4 nitrogen and oxygen atoms in total. The Hall–Kier alpha value is -0.610. The summed E-state index contributed by atoms with van der Waals surface area (Å²) in [6.07, 6.45) is 2.59. The average molecular weight is 214 g/mol. The van der Waals surface area contributed by atoms with Gasteiger partial charge in [0.05, 0.1) is 0 Å². The monoisotopic (exact) mass is 214 g/mol. The van der Waals surface area contributed by atoms with Crippen LogP contribution in [0.1, 0.15) is 26.2 Å². The van der Waals surface area contributed by atoms with Crippen molar-refractivity contribution in [3.63, 3.8) is 0 Å². The number of likely N-dealkylation sites (tertiary alicyclic amines) is 1. The third kappa shape index (κ3) is 4.62. The summed E-state index contributed by atoms with van der Waals surface area (Å²) in [6, 6.07) is 0. The van der Waals surface area contributed by atoms with Gasteiger partial charge in [-0.2, -0.15) is 0 Å². The fourth-order valence-electron chi connectivity index (χ4n) is 1.90. The first-order valence-electron chi connectivity index (χ1n) is 5.74. The van der Waals surface area contributed by atoms with E-state index in [1.807, 2.05) is 0 Å². The van der Waals surface area contributed by atoms with Crippen LogP contribution >= 0.6 is 0 Å². The maximum atomic E-state index is 11.1. The van der Waals surface area contributed by atoms with E-state index in [1.54, 1.807) is 0 Å². The molecule has 88 valence electrons. The van der Waals surface area contributed by atoms with Crippen LogP contribution in [0.5, 0.6) is 0 Å². The highest BCUT2D eigenvalue weighted by Gasteiger charge is 2.16. The molecule has 0 spiro atoms. The normalized spacial score (nSPS) is 21.3. The minimum Gasteiger partial charge on any atom is -0.384 e. The second kappa shape index (κ2) is 6.08. The van der Waals surface area contributed by atoms with Gasteiger partial charge in [-0.05, 0) is 52.2 Å². The minimum absolute atomic E-state index is 0.261. The molecule has 1 aliphatic rings. The van der Waals surface area contributed by atoms with Gasteiger partial charge in [-0.3, -0.25) is 4.79 Å². The van der Waals surface area contributed by atoms with Gasteiger partial charge in [0.15, 0.2) is 0 Å². The first-order valence-corrected chi connectivity index (χ1v) is 5.74. The largest absolute Gasteiger partial charge is 0.384 e. The lowest BCUT2D eigenvalue weighted by atomic mass is 9.94. The van der Waals surface area contributed by atoms with Crippen molar-refractivity contribution in [2.24, 2.45) is 5.92 Å². The van der Waals surface area contributed by atoms with Crippen LogP contribution in [0.25, 0.3) is 0 Å². The summed E-state index contributed by atoms with van der Waals surface area (Å²) in [7, 11) is 2.14. The van der Waals surface area contributed by atoms with Crippen LogP contribution in [-0.2, 0) is 4.79 Å². The molecule has 0 saturated carbocycles. The number of hydrogen-bond donors (Lipinski definition) is 2. The summed E-state index contributed by atoms with van der Waals surface area (Å²) in [5, 5.41) is 11.7. The first-order chi connectivity index (χ1) is 7.09. The van der Waals surface area contributed by atoms with E-state index in [0.717, 1.165) is 25.4 Å². The van der Waals surface area contributed by atoms with Crippen LogP contribution in [-0.4, -0.2) is 48.7 Å². The minimum atomic E-state index is -0.887. The lowest BCUT2D eigenvalue weighted by molar-refractivity contribution is -0.128. The van der Waals surface area contributed by atoms with E-state index in [0.29, 0.717) is 6.54 Å². The van der Waals surface area contributed by atoms with Crippen LogP contribution in [0.4, 0.5) is 0 Å². The average Bonchev–Trinajstić information content (AvgIpc) is 2.20. The first kappa shape index (κ1) is 12.5. The highest BCUT2D eigenvalue weighted by Crippen LogP contribution is 2.18. The molecule has 0 radical (unpaired) electrons. The van der Waals surface area contributed by atoms with E-state index in [1.165, 1.54) is 19.8 Å². The Kier molecular flexibility index (Phi) is 5.05. The van der Waals surface area contributed by atoms with Crippen molar-refractivity contribution in [3.05, 3.63) is 0 Å². The third-order valence-electron chi connectivity index (χ3n) is 3.07. The van der Waals surface area contributed by atoms with Crippen molar-refractivity contribution in [3.8, 4) is 0 Å². The van der Waals surface area contributed by atoms with Crippen LogP contribution in [0, 0.1) is 5.92 Å². The number of hydrogen-bond acceptors (Lipinski definition) is 3. The van der Waals surface area contributed by atoms with Gasteiger partial charge in [0.25, 0.3) is 0 Å². The standard InChI is InChI=1S/C11H22N2O2/c1-9(14)11(15)12-6-3-10-4-7-13(2)8-5-10/h9-10,14H,3-8H2,1-2H3,(H,12,15). The summed E-state index contributed by atoms with van der Waals surface area (Å²) in [5.74, 6) is 0.471. The van der Waals surface area contributed by atoms with Gasteiger partial charge in [0.2, 0.25) is 5.91 Å². The predicted octanol–water partition coefficient (Wildman–Crippen LogP) is 0.215. The van der Waals surface area contributed by atoms with Gasteiger partial charge >= 0.3 is 0 Å². The zero-order valence-corrected chi connectivity index (χ0v) is 9.70. The molecule has 1 amide bonds. The fourth-order valence-corrected chi connectivity index (χ4v) is 1.90. The van der Waals surface area contributed by atoms with Crippen molar-refractivity contribution in [2.75, 3.05) is 26.7 Å². The molecule has 1 aliphatic heterocycles. The molecule has 0 aromatic rings. The molecule has 1 saturated heterocycles. The van der Waals surface area contributed by atoms with E-state index in [9.17, 15) is 4.79 Å². The Bertz CT molecular complexity index is 199. The maximum Gasteiger partial charge on any atom is 0.248 e. The number of aliphatic hydroxyl groups is 1. The zero-order valence-electron chi connectivity index (χ0n) is 9.70. The van der Waals surface area contributed by atoms with E-state index >= 15 is 0 Å². The van der Waals surface area contributed by atoms with Crippen molar-refractivity contribution >= 4 is 5.91 Å². The molecule has 1 heterocycles. The molecule has 1 fully saturated rings. The smallest absolute Gasteiger partial charge is 0.248 e. The Morgan fingerprint density at radius 2 is 2.13 bits per heavy atom. The lowest BCUT2D eigenvalue weighted by Crippen LogP contribution is -2.35. The van der Waals surface area contributed by atoms with Crippen LogP contribution in [0.15, 0.2) is 0 Å². The molecular weight excluding hydrogens is 192 g/mol. The fraction of sp³-hybridized carbons (Fsp3) is 0.909. The number of carbonyl (C=O) groups excluding carboxylic acids is 1. The molecule has 2 N–H and O–H groups in total.